The molecule has 4 nitrogen and oxygen atoms in total. The first-order valence-electron chi connectivity index (χ1n) is 4.98. The number of nitrogens with one attached hydrogen (secondary N) is 1. The first-order chi connectivity index (χ1) is 6.33. The van der Waals surface area contributed by atoms with Crippen LogP contribution < -0.4 is 5.32 Å². The lowest BCUT2D eigenvalue weighted by molar-refractivity contribution is -0.144. The summed E-state index contributed by atoms with van der Waals surface area (Å²) in [7, 11) is 3.91. The van der Waals surface area contributed by atoms with Crippen molar-refractivity contribution in [1.29, 1.82) is 0 Å². The normalized spacial score (nSPS) is 17.9. The molecule has 0 aromatic rings. The highest BCUT2D eigenvalue weighted by Crippen LogP contribution is 2.15. The fourth-order valence-electron chi connectivity index (χ4n) is 1.40. The molecule has 0 fully saturated rings. The van der Waals surface area contributed by atoms with E-state index in [4.69, 9.17) is 5.11 Å². The molecule has 0 spiro atoms. The van der Waals surface area contributed by atoms with Crippen molar-refractivity contribution in [1.82, 2.24) is 10.2 Å². The Balaban J connectivity index is 4.44. The molecule has 0 saturated carbocycles. The third-order valence-corrected chi connectivity index (χ3v) is 2.62. The third kappa shape index (κ3) is 3.64. The van der Waals surface area contributed by atoms with E-state index in [0.717, 1.165) is 0 Å². The van der Waals surface area contributed by atoms with Gasteiger partial charge >= 0.3 is 5.97 Å². The number of carboxylic acids is 1. The number of carboxylic acid groups (broad SMARTS) is 1. The van der Waals surface area contributed by atoms with Crippen LogP contribution in [0.2, 0.25) is 0 Å². The Hall–Kier alpha value is -0.610. The maximum atomic E-state index is 11.1. The van der Waals surface area contributed by atoms with Crippen molar-refractivity contribution in [2.75, 3.05) is 20.6 Å². The van der Waals surface area contributed by atoms with Crippen molar-refractivity contribution >= 4 is 5.97 Å². The van der Waals surface area contributed by atoms with Crippen LogP contribution >= 0.6 is 0 Å². The molecule has 0 bridgehead atoms. The first kappa shape index (κ1) is 13.4. The molecule has 4 heteroatoms. The minimum Gasteiger partial charge on any atom is -0.480 e. The van der Waals surface area contributed by atoms with E-state index in [-0.39, 0.29) is 6.04 Å². The number of aliphatic carboxylic acids is 1. The van der Waals surface area contributed by atoms with Crippen LogP contribution in [-0.4, -0.2) is 48.2 Å². The number of carbonyl (C=O) groups is 1. The standard InChI is InChI=1S/C10H22N2O2/c1-6-11-10(3,9(13)14)7-8(2)12(4)5/h8,11H,6-7H2,1-5H3,(H,13,14). The zero-order chi connectivity index (χ0) is 11.4. The number of likely N-dealkylation sites (N-methyl/N-ethyl adjacent to an activating group) is 1. The largest absolute Gasteiger partial charge is 0.480 e. The Labute approximate surface area is 86.3 Å². The van der Waals surface area contributed by atoms with Crippen LogP contribution in [0.4, 0.5) is 0 Å². The van der Waals surface area contributed by atoms with Crippen molar-refractivity contribution < 1.29 is 9.90 Å². The Morgan fingerprint density at radius 1 is 1.57 bits per heavy atom. The van der Waals surface area contributed by atoms with Gasteiger partial charge in [-0.1, -0.05) is 6.92 Å². The van der Waals surface area contributed by atoms with Crippen molar-refractivity contribution in [3.63, 3.8) is 0 Å². The first-order valence-corrected chi connectivity index (χ1v) is 4.98. The number of hydrogen-bond acceptors (Lipinski definition) is 3. The molecule has 0 amide bonds. The molecule has 0 radical (unpaired) electrons. The van der Waals surface area contributed by atoms with Crippen molar-refractivity contribution in [3.8, 4) is 0 Å². The van der Waals surface area contributed by atoms with Gasteiger partial charge < -0.3 is 15.3 Å². The Kier molecular flexibility index (Phi) is 5.08. The molecule has 14 heavy (non-hydrogen) atoms. The molecule has 0 aliphatic rings. The summed E-state index contributed by atoms with van der Waals surface area (Å²) in [5.74, 6) is -0.784. The van der Waals surface area contributed by atoms with Crippen LogP contribution in [0.3, 0.4) is 0 Å². The van der Waals surface area contributed by atoms with Gasteiger partial charge in [0.15, 0.2) is 0 Å². The fourth-order valence-corrected chi connectivity index (χ4v) is 1.40. The molecular formula is C10H22N2O2. The second kappa shape index (κ2) is 5.32. The highest BCUT2D eigenvalue weighted by atomic mass is 16.4. The molecule has 0 aliphatic carbocycles. The van der Waals surface area contributed by atoms with Gasteiger partial charge in [0.2, 0.25) is 0 Å². The molecular weight excluding hydrogens is 180 g/mol. The Morgan fingerprint density at radius 3 is 2.36 bits per heavy atom. The Bertz CT molecular complexity index is 195. The average molecular weight is 202 g/mol. The highest BCUT2D eigenvalue weighted by Gasteiger charge is 2.33. The molecule has 0 rings (SSSR count). The number of rotatable bonds is 6. The molecule has 0 aromatic heterocycles. The van der Waals surface area contributed by atoms with Crippen LogP contribution in [0.1, 0.15) is 27.2 Å². The summed E-state index contributed by atoms with van der Waals surface area (Å²) < 4.78 is 0. The molecule has 0 aromatic carbocycles. The van der Waals surface area contributed by atoms with Gasteiger partial charge in [0, 0.05) is 6.04 Å². The summed E-state index contributed by atoms with van der Waals surface area (Å²) >= 11 is 0. The van der Waals surface area contributed by atoms with E-state index in [9.17, 15) is 4.79 Å². The predicted octanol–water partition coefficient (Wildman–Crippen LogP) is 0.779. The average Bonchev–Trinajstić information content (AvgIpc) is 2.03. The molecule has 2 unspecified atom stereocenters. The molecule has 2 atom stereocenters. The number of nitrogens with zero attached hydrogens (tertiary/aromatic N) is 1. The van der Waals surface area contributed by atoms with Crippen LogP contribution in [0, 0.1) is 0 Å². The molecule has 0 heterocycles. The predicted molar refractivity (Wildman–Crippen MR) is 57.5 cm³/mol. The summed E-state index contributed by atoms with van der Waals surface area (Å²) in [5.41, 5.74) is -0.821. The van der Waals surface area contributed by atoms with E-state index in [1.807, 2.05) is 32.8 Å². The summed E-state index contributed by atoms with van der Waals surface area (Å²) in [4.78, 5) is 13.1. The summed E-state index contributed by atoms with van der Waals surface area (Å²) in [6.07, 6.45) is 0.600. The van der Waals surface area contributed by atoms with Crippen molar-refractivity contribution in [2.45, 2.75) is 38.8 Å². The molecule has 84 valence electrons. The highest BCUT2D eigenvalue weighted by molar-refractivity contribution is 5.78. The minimum atomic E-state index is -0.821. The van der Waals surface area contributed by atoms with Gasteiger partial charge in [-0.2, -0.15) is 0 Å². The van der Waals surface area contributed by atoms with E-state index >= 15 is 0 Å². The lowest BCUT2D eigenvalue weighted by Gasteiger charge is -2.31. The van der Waals surface area contributed by atoms with E-state index in [1.54, 1.807) is 6.92 Å². The van der Waals surface area contributed by atoms with Crippen LogP contribution in [-0.2, 0) is 4.79 Å². The monoisotopic (exact) mass is 202 g/mol. The Morgan fingerprint density at radius 2 is 2.07 bits per heavy atom. The zero-order valence-electron chi connectivity index (χ0n) is 9.79. The van der Waals surface area contributed by atoms with Gasteiger partial charge in [0.05, 0.1) is 0 Å². The van der Waals surface area contributed by atoms with E-state index in [2.05, 4.69) is 5.32 Å². The second-order valence-corrected chi connectivity index (χ2v) is 4.18. The van der Waals surface area contributed by atoms with Gasteiger partial charge in [0.1, 0.15) is 5.54 Å². The van der Waals surface area contributed by atoms with Gasteiger partial charge in [0.25, 0.3) is 0 Å². The zero-order valence-corrected chi connectivity index (χ0v) is 9.79. The van der Waals surface area contributed by atoms with Gasteiger partial charge in [-0.05, 0) is 40.9 Å². The van der Waals surface area contributed by atoms with Crippen molar-refractivity contribution in [2.24, 2.45) is 0 Å². The van der Waals surface area contributed by atoms with Crippen LogP contribution in [0.25, 0.3) is 0 Å². The summed E-state index contributed by atoms with van der Waals surface area (Å²) in [6.45, 7) is 6.35. The van der Waals surface area contributed by atoms with Gasteiger partial charge in [-0.15, -0.1) is 0 Å². The van der Waals surface area contributed by atoms with Crippen molar-refractivity contribution in [3.05, 3.63) is 0 Å². The summed E-state index contributed by atoms with van der Waals surface area (Å²) in [5, 5.41) is 12.1. The van der Waals surface area contributed by atoms with E-state index < -0.39 is 11.5 Å². The fraction of sp³-hybridized carbons (Fsp3) is 0.900. The number of hydrogen-bond donors (Lipinski definition) is 2. The van der Waals surface area contributed by atoms with E-state index in [0.29, 0.717) is 13.0 Å². The quantitative estimate of drug-likeness (QED) is 0.668. The minimum absolute atomic E-state index is 0.246. The molecule has 0 aliphatic heterocycles. The topological polar surface area (TPSA) is 52.6 Å². The van der Waals surface area contributed by atoms with Gasteiger partial charge in [-0.25, -0.2) is 0 Å². The lowest BCUT2D eigenvalue weighted by Crippen LogP contribution is -2.52. The third-order valence-electron chi connectivity index (χ3n) is 2.62. The molecule has 2 N–H and O–H groups in total. The molecule has 0 saturated heterocycles. The SMILES string of the molecule is CCNC(C)(CC(C)N(C)C)C(=O)O. The maximum absolute atomic E-state index is 11.1. The lowest BCUT2D eigenvalue weighted by atomic mass is 9.93. The summed E-state index contributed by atoms with van der Waals surface area (Å²) in [6, 6.07) is 0.246. The smallest absolute Gasteiger partial charge is 0.323 e. The van der Waals surface area contributed by atoms with Gasteiger partial charge in [-0.3, -0.25) is 4.79 Å². The van der Waals surface area contributed by atoms with Crippen LogP contribution in [0.15, 0.2) is 0 Å². The van der Waals surface area contributed by atoms with E-state index in [1.165, 1.54) is 0 Å². The van der Waals surface area contributed by atoms with Crippen LogP contribution in [0.5, 0.6) is 0 Å². The maximum Gasteiger partial charge on any atom is 0.323 e. The second-order valence-electron chi connectivity index (χ2n) is 4.18.